The molecule has 2 N–H and O–H groups in total. The first kappa shape index (κ1) is 24.7. The number of anilines is 1. The number of sulfonamides is 1. The molecule has 0 bridgehead atoms. The van der Waals surface area contributed by atoms with Crippen LogP contribution in [0.25, 0.3) is 0 Å². The smallest absolute Gasteiger partial charge is 0.338 e. The number of amides is 2. The lowest BCUT2D eigenvalue weighted by Gasteiger charge is -2.11. The minimum atomic E-state index is -3.80. The second kappa shape index (κ2) is 10.8. The molecule has 0 radical (unpaired) electrons. The van der Waals surface area contributed by atoms with Gasteiger partial charge in [0.25, 0.3) is 11.8 Å². The van der Waals surface area contributed by atoms with Crippen molar-refractivity contribution in [3.63, 3.8) is 0 Å². The van der Waals surface area contributed by atoms with Gasteiger partial charge in [0, 0.05) is 25.3 Å². The Bertz CT molecular complexity index is 1250. The molecule has 0 aliphatic heterocycles. The van der Waals surface area contributed by atoms with Crippen LogP contribution in [0, 0.1) is 0 Å². The molecule has 2 amide bonds. The van der Waals surface area contributed by atoms with E-state index in [1.165, 1.54) is 35.4 Å². The lowest BCUT2D eigenvalue weighted by molar-refractivity contribution is -0.119. The summed E-state index contributed by atoms with van der Waals surface area (Å²) in [5, 5.41) is 2.56. The largest absolute Gasteiger partial charge is 0.468 e. The molecule has 10 nitrogen and oxygen atoms in total. The van der Waals surface area contributed by atoms with E-state index in [4.69, 9.17) is 9.15 Å². The molecular formula is C23H23N3O7S. The monoisotopic (exact) mass is 485 g/mol. The van der Waals surface area contributed by atoms with Crippen molar-refractivity contribution < 1.29 is 32.0 Å². The van der Waals surface area contributed by atoms with Crippen molar-refractivity contribution in [3.05, 3.63) is 83.8 Å². The van der Waals surface area contributed by atoms with Gasteiger partial charge < -0.3 is 19.4 Å². The normalized spacial score (nSPS) is 11.0. The maximum atomic E-state index is 12.3. The number of ether oxygens (including phenoxy) is 1. The Labute approximate surface area is 196 Å². The Balaban J connectivity index is 1.50. The molecule has 0 unspecified atom stereocenters. The average Bonchev–Trinajstić information content (AvgIpc) is 3.35. The number of nitrogens with zero attached hydrogens (tertiary/aromatic N) is 1. The Morgan fingerprint density at radius 2 is 1.59 bits per heavy atom. The number of rotatable bonds is 9. The van der Waals surface area contributed by atoms with Gasteiger partial charge in [0.2, 0.25) is 10.0 Å². The van der Waals surface area contributed by atoms with Crippen LogP contribution in [0.5, 0.6) is 0 Å². The zero-order valence-corrected chi connectivity index (χ0v) is 19.3. The molecule has 0 saturated heterocycles. The van der Waals surface area contributed by atoms with Crippen molar-refractivity contribution in [2.24, 2.45) is 0 Å². The number of carbonyl (C=O) groups is 3. The highest BCUT2D eigenvalue weighted by molar-refractivity contribution is 7.89. The molecule has 3 aromatic rings. The second-order valence-corrected chi connectivity index (χ2v) is 9.10. The van der Waals surface area contributed by atoms with Gasteiger partial charge in [-0.25, -0.2) is 17.9 Å². The molecule has 1 aromatic heterocycles. The lowest BCUT2D eigenvalue weighted by Crippen LogP contribution is -2.23. The fraction of sp³-hybridized carbons (Fsp3) is 0.174. The molecule has 34 heavy (non-hydrogen) atoms. The van der Waals surface area contributed by atoms with Gasteiger partial charge in [-0.3, -0.25) is 9.59 Å². The van der Waals surface area contributed by atoms with Crippen LogP contribution in [0.2, 0.25) is 0 Å². The van der Waals surface area contributed by atoms with Gasteiger partial charge in [-0.1, -0.05) is 0 Å². The predicted octanol–water partition coefficient (Wildman–Crippen LogP) is 2.26. The molecule has 0 fully saturated rings. The van der Waals surface area contributed by atoms with E-state index in [2.05, 4.69) is 10.0 Å². The molecule has 0 aliphatic rings. The van der Waals surface area contributed by atoms with E-state index in [-0.39, 0.29) is 22.9 Å². The van der Waals surface area contributed by atoms with Gasteiger partial charge in [-0.05, 0) is 60.7 Å². The summed E-state index contributed by atoms with van der Waals surface area (Å²) in [5.41, 5.74) is 0.994. The third-order valence-corrected chi connectivity index (χ3v) is 5.99. The van der Waals surface area contributed by atoms with Crippen LogP contribution in [0.3, 0.4) is 0 Å². The summed E-state index contributed by atoms with van der Waals surface area (Å²) in [6.45, 7) is -0.551. The van der Waals surface area contributed by atoms with Crippen molar-refractivity contribution in [2.45, 2.75) is 11.4 Å². The number of benzene rings is 2. The topological polar surface area (TPSA) is 135 Å². The second-order valence-electron chi connectivity index (χ2n) is 7.33. The molecular weight excluding hydrogens is 462 g/mol. The summed E-state index contributed by atoms with van der Waals surface area (Å²) in [5.74, 6) is -1.06. The standard InChI is InChI=1S/C23H23N3O7S/c1-26(2)22(28)16-5-9-18(10-6-16)25-21(27)15-33-23(29)17-7-11-20(12-8-17)34(30,31)24-14-19-4-3-13-32-19/h3-13,24H,14-15H2,1-2H3,(H,25,27). The Hall–Kier alpha value is -3.96. The maximum Gasteiger partial charge on any atom is 0.338 e. The number of esters is 1. The molecule has 3 rings (SSSR count). The fourth-order valence-corrected chi connectivity index (χ4v) is 3.79. The van der Waals surface area contributed by atoms with Crippen LogP contribution in [0.15, 0.2) is 76.2 Å². The summed E-state index contributed by atoms with van der Waals surface area (Å²) >= 11 is 0. The van der Waals surface area contributed by atoms with Crippen molar-refractivity contribution in [1.29, 1.82) is 0 Å². The quantitative estimate of drug-likeness (QED) is 0.444. The van der Waals surface area contributed by atoms with Crippen molar-refractivity contribution in [3.8, 4) is 0 Å². The van der Waals surface area contributed by atoms with E-state index in [9.17, 15) is 22.8 Å². The fourth-order valence-electron chi connectivity index (χ4n) is 2.80. The molecule has 1 heterocycles. The third kappa shape index (κ3) is 6.53. The summed E-state index contributed by atoms with van der Waals surface area (Å²) < 4.78 is 37.2. The number of carbonyl (C=O) groups excluding carboxylic acids is 3. The first-order valence-corrected chi connectivity index (χ1v) is 11.5. The summed E-state index contributed by atoms with van der Waals surface area (Å²) in [6, 6.07) is 14.7. The number of nitrogens with one attached hydrogen (secondary N) is 2. The highest BCUT2D eigenvalue weighted by Gasteiger charge is 2.17. The Kier molecular flexibility index (Phi) is 7.82. The molecule has 11 heteroatoms. The first-order chi connectivity index (χ1) is 16.2. The minimum Gasteiger partial charge on any atom is -0.468 e. The predicted molar refractivity (Wildman–Crippen MR) is 123 cm³/mol. The van der Waals surface area contributed by atoms with Crippen molar-refractivity contribution in [2.75, 3.05) is 26.0 Å². The Morgan fingerprint density at radius 3 is 2.18 bits per heavy atom. The molecule has 0 spiro atoms. The van der Waals surface area contributed by atoms with Gasteiger partial charge >= 0.3 is 5.97 Å². The first-order valence-electron chi connectivity index (χ1n) is 10.1. The molecule has 2 aromatic carbocycles. The van der Waals surface area contributed by atoms with E-state index in [0.29, 0.717) is 17.0 Å². The SMILES string of the molecule is CN(C)C(=O)c1ccc(NC(=O)COC(=O)c2ccc(S(=O)(=O)NCc3ccco3)cc2)cc1. The molecule has 0 saturated carbocycles. The van der Waals surface area contributed by atoms with Gasteiger partial charge in [0.05, 0.1) is 23.3 Å². The number of furan rings is 1. The van der Waals surface area contributed by atoms with Crippen molar-refractivity contribution in [1.82, 2.24) is 9.62 Å². The van der Waals surface area contributed by atoms with Crippen LogP contribution < -0.4 is 10.0 Å². The molecule has 178 valence electrons. The molecule has 0 aliphatic carbocycles. The highest BCUT2D eigenvalue weighted by Crippen LogP contribution is 2.13. The van der Waals surface area contributed by atoms with Crippen LogP contribution >= 0.6 is 0 Å². The van der Waals surface area contributed by atoms with E-state index in [0.717, 1.165) is 0 Å². The van der Waals surface area contributed by atoms with Crippen LogP contribution in [-0.2, 0) is 26.1 Å². The zero-order chi connectivity index (χ0) is 24.7. The number of hydrogen-bond acceptors (Lipinski definition) is 7. The van der Waals surface area contributed by atoms with Gasteiger partial charge in [0.1, 0.15) is 5.76 Å². The van der Waals surface area contributed by atoms with Gasteiger partial charge in [-0.15, -0.1) is 0 Å². The van der Waals surface area contributed by atoms with Crippen LogP contribution in [0.4, 0.5) is 5.69 Å². The average molecular weight is 486 g/mol. The van der Waals surface area contributed by atoms with E-state index >= 15 is 0 Å². The summed E-state index contributed by atoms with van der Waals surface area (Å²) in [4.78, 5) is 37.6. The van der Waals surface area contributed by atoms with E-state index in [1.807, 2.05) is 0 Å². The Morgan fingerprint density at radius 1 is 0.941 bits per heavy atom. The minimum absolute atomic E-state index is 0.0110. The zero-order valence-electron chi connectivity index (χ0n) is 18.5. The summed E-state index contributed by atoms with van der Waals surface area (Å²) in [7, 11) is -0.528. The number of hydrogen-bond donors (Lipinski definition) is 2. The summed E-state index contributed by atoms with van der Waals surface area (Å²) in [6.07, 6.45) is 1.44. The van der Waals surface area contributed by atoms with Crippen molar-refractivity contribution >= 4 is 33.5 Å². The van der Waals surface area contributed by atoms with Gasteiger partial charge in [0.15, 0.2) is 6.61 Å². The molecule has 0 atom stereocenters. The van der Waals surface area contributed by atoms with Gasteiger partial charge in [-0.2, -0.15) is 0 Å². The van der Waals surface area contributed by atoms with E-state index in [1.54, 1.807) is 50.5 Å². The van der Waals surface area contributed by atoms with E-state index < -0.39 is 28.5 Å². The van der Waals surface area contributed by atoms with Crippen LogP contribution in [-0.4, -0.2) is 51.8 Å². The van der Waals surface area contributed by atoms with Crippen LogP contribution in [0.1, 0.15) is 26.5 Å². The lowest BCUT2D eigenvalue weighted by atomic mass is 10.2. The maximum absolute atomic E-state index is 12.3. The highest BCUT2D eigenvalue weighted by atomic mass is 32.2. The third-order valence-electron chi connectivity index (χ3n) is 4.57.